The largest absolute Gasteiger partial charge is 0.493 e. The van der Waals surface area contributed by atoms with Crippen LogP contribution in [0.2, 0.25) is 0 Å². The lowest BCUT2D eigenvalue weighted by Crippen LogP contribution is -2.09. The van der Waals surface area contributed by atoms with E-state index in [0.29, 0.717) is 23.6 Å². The van der Waals surface area contributed by atoms with E-state index in [4.69, 9.17) is 9.15 Å². The highest BCUT2D eigenvalue weighted by Gasteiger charge is 2.20. The van der Waals surface area contributed by atoms with E-state index < -0.39 is 0 Å². The number of hydrogen-bond donors (Lipinski definition) is 1. The number of carbonyl (C=O) groups excluding carboxylic acids is 2. The third kappa shape index (κ3) is 4.96. The lowest BCUT2D eigenvalue weighted by molar-refractivity contribution is -0.111. The molecule has 1 aromatic heterocycles. The Hall–Kier alpha value is -4.12. The zero-order valence-electron chi connectivity index (χ0n) is 21.6. The zero-order chi connectivity index (χ0) is 26.0. The van der Waals surface area contributed by atoms with E-state index in [-0.39, 0.29) is 11.7 Å². The summed E-state index contributed by atoms with van der Waals surface area (Å²) in [6.07, 6.45) is 3.35. The predicted molar refractivity (Wildman–Crippen MR) is 146 cm³/mol. The number of rotatable bonds is 7. The molecule has 5 nitrogen and oxygen atoms in total. The molecular weight excluding hydrogens is 450 g/mol. The molecule has 0 aliphatic heterocycles. The van der Waals surface area contributed by atoms with Crippen LogP contribution in [-0.2, 0) is 4.79 Å². The highest BCUT2D eigenvalue weighted by Crippen LogP contribution is 2.41. The fraction of sp³-hybridized carbons (Fsp3) is 0.226. The third-order valence-electron chi connectivity index (χ3n) is 6.31. The Morgan fingerprint density at radius 1 is 1.00 bits per heavy atom. The van der Waals surface area contributed by atoms with E-state index in [1.807, 2.05) is 26.8 Å². The first-order valence-corrected chi connectivity index (χ1v) is 12.1. The summed E-state index contributed by atoms with van der Waals surface area (Å²) in [5.74, 6) is 0.365. The van der Waals surface area contributed by atoms with Crippen molar-refractivity contribution in [1.82, 2.24) is 0 Å². The van der Waals surface area contributed by atoms with E-state index in [2.05, 4.69) is 37.4 Å². The molecule has 0 fully saturated rings. The van der Waals surface area contributed by atoms with Gasteiger partial charge in [0.05, 0.1) is 12.9 Å². The van der Waals surface area contributed by atoms with Gasteiger partial charge < -0.3 is 14.5 Å². The number of ether oxygens (including phenoxy) is 1. The number of fused-ring (bicyclic) bond motifs is 1. The first-order valence-electron chi connectivity index (χ1n) is 12.1. The summed E-state index contributed by atoms with van der Waals surface area (Å²) in [4.78, 5) is 24.6. The number of furan rings is 1. The fourth-order valence-corrected chi connectivity index (χ4v) is 4.53. The van der Waals surface area contributed by atoms with Gasteiger partial charge in [0.2, 0.25) is 5.91 Å². The number of benzene rings is 3. The van der Waals surface area contributed by atoms with Crippen molar-refractivity contribution in [2.45, 2.75) is 41.5 Å². The Morgan fingerprint density at radius 3 is 2.47 bits per heavy atom. The summed E-state index contributed by atoms with van der Waals surface area (Å²) < 4.78 is 12.0. The van der Waals surface area contributed by atoms with Crippen molar-refractivity contribution in [1.29, 1.82) is 0 Å². The number of carbonyl (C=O) groups is 2. The number of ketones is 1. The number of amides is 1. The van der Waals surface area contributed by atoms with Crippen molar-refractivity contribution in [3.8, 4) is 16.9 Å². The van der Waals surface area contributed by atoms with Gasteiger partial charge in [-0.2, -0.15) is 0 Å². The van der Waals surface area contributed by atoms with Crippen LogP contribution in [0.25, 0.3) is 27.7 Å². The average molecular weight is 482 g/mol. The summed E-state index contributed by atoms with van der Waals surface area (Å²) >= 11 is 0. The molecule has 4 aromatic rings. The summed E-state index contributed by atoms with van der Waals surface area (Å²) in [6.45, 7) is 12.0. The summed E-state index contributed by atoms with van der Waals surface area (Å²) in [6, 6.07) is 15.3. The fourth-order valence-electron chi connectivity index (χ4n) is 4.53. The smallest absolute Gasteiger partial charge is 0.248 e. The SMILES string of the molecule is CCOc1c(/C(C)=C/C(=O)Nc2cccc(C(C)=O)c2)cc2c(-c3ccc(C)cc3C)coc2c1C. The van der Waals surface area contributed by atoms with Gasteiger partial charge in [-0.3, -0.25) is 9.59 Å². The molecule has 0 aliphatic rings. The van der Waals surface area contributed by atoms with Gasteiger partial charge in [0, 0.05) is 39.4 Å². The molecule has 1 N–H and O–H groups in total. The summed E-state index contributed by atoms with van der Waals surface area (Å²) in [5, 5.41) is 3.83. The van der Waals surface area contributed by atoms with Gasteiger partial charge in [0.1, 0.15) is 11.3 Å². The van der Waals surface area contributed by atoms with E-state index in [1.54, 1.807) is 36.6 Å². The van der Waals surface area contributed by atoms with Crippen molar-refractivity contribution >= 4 is 33.9 Å². The maximum atomic E-state index is 12.9. The standard InChI is InChI=1S/C31H31NO4/c1-7-35-30-21(5)31-27(28(17-36-31)25-12-11-18(2)13-19(25)3)16-26(30)20(4)14-29(34)32-24-10-8-9-23(15-24)22(6)33/h8-17H,7H2,1-6H3,(H,32,34)/b20-14+. The van der Waals surface area contributed by atoms with Crippen LogP contribution in [0.1, 0.15) is 53.4 Å². The van der Waals surface area contributed by atoms with Gasteiger partial charge in [-0.05, 0) is 76.4 Å². The number of aryl methyl sites for hydroxylation is 3. The van der Waals surface area contributed by atoms with E-state index >= 15 is 0 Å². The minimum absolute atomic E-state index is 0.0531. The second kappa shape index (κ2) is 10.2. The van der Waals surface area contributed by atoms with Gasteiger partial charge in [-0.25, -0.2) is 0 Å². The molecule has 0 atom stereocenters. The molecule has 184 valence electrons. The van der Waals surface area contributed by atoms with Crippen molar-refractivity contribution in [3.05, 3.63) is 88.7 Å². The lowest BCUT2D eigenvalue weighted by Gasteiger charge is -2.15. The van der Waals surface area contributed by atoms with Crippen LogP contribution in [0.4, 0.5) is 5.69 Å². The Morgan fingerprint density at radius 2 is 1.78 bits per heavy atom. The van der Waals surface area contributed by atoms with Crippen molar-refractivity contribution in [2.24, 2.45) is 0 Å². The van der Waals surface area contributed by atoms with Crippen LogP contribution >= 0.6 is 0 Å². The first-order chi connectivity index (χ1) is 17.2. The third-order valence-corrected chi connectivity index (χ3v) is 6.31. The van der Waals surface area contributed by atoms with Crippen molar-refractivity contribution < 1.29 is 18.7 Å². The molecule has 3 aromatic carbocycles. The van der Waals surface area contributed by atoms with Crippen LogP contribution in [-0.4, -0.2) is 18.3 Å². The molecule has 1 heterocycles. The average Bonchev–Trinajstić information content (AvgIpc) is 3.24. The summed E-state index contributed by atoms with van der Waals surface area (Å²) in [5.41, 5.74) is 8.87. The molecule has 0 spiro atoms. The van der Waals surface area contributed by atoms with E-state index in [0.717, 1.165) is 38.8 Å². The van der Waals surface area contributed by atoms with E-state index in [9.17, 15) is 9.59 Å². The van der Waals surface area contributed by atoms with Gasteiger partial charge in [-0.1, -0.05) is 35.9 Å². The van der Waals surface area contributed by atoms with Crippen LogP contribution in [0.15, 0.2) is 65.3 Å². The second-order valence-electron chi connectivity index (χ2n) is 9.11. The number of hydrogen-bond acceptors (Lipinski definition) is 4. The normalized spacial score (nSPS) is 11.6. The maximum Gasteiger partial charge on any atom is 0.248 e. The lowest BCUT2D eigenvalue weighted by atomic mass is 9.94. The van der Waals surface area contributed by atoms with Gasteiger partial charge in [-0.15, -0.1) is 0 Å². The Bertz CT molecular complexity index is 1510. The molecule has 4 rings (SSSR count). The van der Waals surface area contributed by atoms with Crippen LogP contribution in [0, 0.1) is 20.8 Å². The number of Topliss-reactive ketones (excluding diaryl/α,β-unsaturated/α-hetero) is 1. The number of nitrogens with one attached hydrogen (secondary N) is 1. The Balaban J connectivity index is 1.77. The topological polar surface area (TPSA) is 68.5 Å². The summed E-state index contributed by atoms with van der Waals surface area (Å²) in [7, 11) is 0. The Kier molecular flexibility index (Phi) is 7.11. The molecule has 0 unspecified atom stereocenters. The second-order valence-corrected chi connectivity index (χ2v) is 9.11. The quantitative estimate of drug-likeness (QED) is 0.217. The zero-order valence-corrected chi connectivity index (χ0v) is 21.6. The van der Waals surface area contributed by atoms with Gasteiger partial charge in [0.25, 0.3) is 0 Å². The van der Waals surface area contributed by atoms with Crippen LogP contribution < -0.4 is 10.1 Å². The van der Waals surface area contributed by atoms with Gasteiger partial charge in [0.15, 0.2) is 5.78 Å². The molecule has 0 radical (unpaired) electrons. The molecule has 5 heteroatoms. The Labute approximate surface area is 211 Å². The van der Waals surface area contributed by atoms with Crippen LogP contribution in [0.3, 0.4) is 0 Å². The number of allylic oxidation sites excluding steroid dienone is 1. The molecule has 0 aliphatic carbocycles. The molecule has 36 heavy (non-hydrogen) atoms. The number of anilines is 1. The minimum atomic E-state index is -0.282. The molecule has 0 saturated heterocycles. The monoisotopic (exact) mass is 481 g/mol. The van der Waals surface area contributed by atoms with Crippen LogP contribution in [0.5, 0.6) is 5.75 Å². The highest BCUT2D eigenvalue weighted by molar-refractivity contribution is 6.06. The van der Waals surface area contributed by atoms with Crippen molar-refractivity contribution in [2.75, 3.05) is 11.9 Å². The predicted octanol–water partition coefficient (Wildman–Crippen LogP) is 7.67. The maximum absolute atomic E-state index is 12.9. The highest BCUT2D eigenvalue weighted by atomic mass is 16.5. The first kappa shape index (κ1) is 25.0. The molecule has 1 amide bonds. The molecular formula is C31H31NO4. The minimum Gasteiger partial charge on any atom is -0.493 e. The molecule has 0 bridgehead atoms. The van der Waals surface area contributed by atoms with Crippen molar-refractivity contribution in [3.63, 3.8) is 0 Å². The molecule has 0 saturated carbocycles. The van der Waals surface area contributed by atoms with E-state index in [1.165, 1.54) is 18.1 Å². The van der Waals surface area contributed by atoms with Gasteiger partial charge >= 0.3 is 0 Å².